The first-order valence-corrected chi connectivity index (χ1v) is 4.56. The lowest BCUT2D eigenvalue weighted by atomic mass is 10.2. The van der Waals surface area contributed by atoms with Crippen molar-refractivity contribution in [2.45, 2.75) is 0 Å². The number of hydrogen-bond donors (Lipinski definition) is 1. The summed E-state index contributed by atoms with van der Waals surface area (Å²) < 4.78 is 13.2. The zero-order valence-corrected chi connectivity index (χ0v) is 8.92. The molecule has 0 radical (unpaired) electrons. The molecule has 15 heavy (non-hydrogen) atoms. The fourth-order valence-corrected chi connectivity index (χ4v) is 1.25. The SMILES string of the molecule is CN(CC(N)=S)C(=O)c1ccncc1F. The molecule has 0 aliphatic heterocycles. The Morgan fingerprint density at radius 1 is 1.73 bits per heavy atom. The third-order valence-electron chi connectivity index (χ3n) is 1.74. The van der Waals surface area contributed by atoms with Crippen LogP contribution in [0.25, 0.3) is 0 Å². The number of nitrogens with two attached hydrogens (primary N) is 1. The van der Waals surface area contributed by atoms with Crippen molar-refractivity contribution in [3.8, 4) is 0 Å². The van der Waals surface area contributed by atoms with Gasteiger partial charge in [-0.05, 0) is 6.07 Å². The van der Waals surface area contributed by atoms with Crippen molar-refractivity contribution in [1.29, 1.82) is 0 Å². The summed E-state index contributed by atoms with van der Waals surface area (Å²) in [6.45, 7) is 0.121. The Labute approximate surface area is 91.9 Å². The van der Waals surface area contributed by atoms with Crippen LogP contribution in [0.1, 0.15) is 10.4 Å². The van der Waals surface area contributed by atoms with Gasteiger partial charge in [-0.3, -0.25) is 9.78 Å². The predicted molar refractivity (Wildman–Crippen MR) is 57.9 cm³/mol. The molecule has 0 fully saturated rings. The van der Waals surface area contributed by atoms with Crippen molar-refractivity contribution >= 4 is 23.1 Å². The van der Waals surface area contributed by atoms with E-state index in [0.29, 0.717) is 0 Å². The molecule has 4 nitrogen and oxygen atoms in total. The number of carbonyl (C=O) groups excluding carboxylic acids is 1. The fraction of sp³-hybridized carbons (Fsp3) is 0.222. The molecule has 0 spiro atoms. The normalized spacial score (nSPS) is 9.73. The third kappa shape index (κ3) is 2.95. The van der Waals surface area contributed by atoms with Crippen LogP contribution in [0.2, 0.25) is 0 Å². The summed E-state index contributed by atoms with van der Waals surface area (Å²) in [6, 6.07) is 1.31. The van der Waals surface area contributed by atoms with E-state index < -0.39 is 11.7 Å². The second-order valence-electron chi connectivity index (χ2n) is 2.98. The summed E-state index contributed by atoms with van der Waals surface area (Å²) in [5, 5.41) is 0. The molecule has 6 heteroatoms. The minimum absolute atomic E-state index is 0.0382. The van der Waals surface area contributed by atoms with Gasteiger partial charge < -0.3 is 10.6 Å². The Bertz CT molecular complexity index is 397. The van der Waals surface area contributed by atoms with Crippen LogP contribution in [-0.2, 0) is 0 Å². The summed E-state index contributed by atoms with van der Waals surface area (Å²) in [7, 11) is 1.50. The maximum absolute atomic E-state index is 13.2. The van der Waals surface area contributed by atoms with Crippen molar-refractivity contribution in [1.82, 2.24) is 9.88 Å². The number of halogens is 1. The van der Waals surface area contributed by atoms with Crippen LogP contribution in [-0.4, -0.2) is 34.4 Å². The summed E-state index contributed by atoms with van der Waals surface area (Å²) in [5.41, 5.74) is 5.24. The Hall–Kier alpha value is -1.56. The Morgan fingerprint density at radius 2 is 2.40 bits per heavy atom. The molecular weight excluding hydrogens is 217 g/mol. The number of carbonyl (C=O) groups is 1. The smallest absolute Gasteiger partial charge is 0.257 e. The van der Waals surface area contributed by atoms with Crippen LogP contribution >= 0.6 is 12.2 Å². The molecule has 1 heterocycles. The van der Waals surface area contributed by atoms with E-state index in [2.05, 4.69) is 17.2 Å². The zero-order valence-electron chi connectivity index (χ0n) is 8.11. The maximum Gasteiger partial charge on any atom is 0.257 e. The van der Waals surface area contributed by atoms with Gasteiger partial charge in [0.2, 0.25) is 0 Å². The van der Waals surface area contributed by atoms with E-state index in [4.69, 9.17) is 5.73 Å². The molecular formula is C9H10FN3OS. The third-order valence-corrected chi connectivity index (χ3v) is 1.87. The van der Waals surface area contributed by atoms with E-state index in [1.54, 1.807) is 0 Å². The van der Waals surface area contributed by atoms with E-state index in [1.165, 1.54) is 24.2 Å². The molecule has 0 aliphatic rings. The van der Waals surface area contributed by atoms with Crippen molar-refractivity contribution in [2.24, 2.45) is 5.73 Å². The highest BCUT2D eigenvalue weighted by atomic mass is 32.1. The van der Waals surface area contributed by atoms with Crippen LogP contribution in [0.4, 0.5) is 4.39 Å². The molecule has 0 bridgehead atoms. The number of rotatable bonds is 3. The Morgan fingerprint density at radius 3 is 2.93 bits per heavy atom. The van der Waals surface area contributed by atoms with Gasteiger partial charge in [0, 0.05) is 13.2 Å². The Balaban J connectivity index is 2.85. The summed E-state index contributed by atoms with van der Waals surface area (Å²) in [6.07, 6.45) is 2.34. The highest BCUT2D eigenvalue weighted by Gasteiger charge is 2.15. The van der Waals surface area contributed by atoms with Gasteiger partial charge in [-0.15, -0.1) is 0 Å². The lowest BCUT2D eigenvalue weighted by molar-refractivity contribution is 0.0810. The van der Waals surface area contributed by atoms with Crippen molar-refractivity contribution in [2.75, 3.05) is 13.6 Å². The lowest BCUT2D eigenvalue weighted by Crippen LogP contribution is -2.34. The number of hydrogen-bond acceptors (Lipinski definition) is 3. The van der Waals surface area contributed by atoms with Gasteiger partial charge in [-0.1, -0.05) is 12.2 Å². The van der Waals surface area contributed by atoms with Gasteiger partial charge in [0.1, 0.15) is 0 Å². The van der Waals surface area contributed by atoms with Gasteiger partial charge in [0.25, 0.3) is 5.91 Å². The monoisotopic (exact) mass is 227 g/mol. The van der Waals surface area contributed by atoms with Gasteiger partial charge >= 0.3 is 0 Å². The van der Waals surface area contributed by atoms with E-state index in [1.807, 2.05) is 0 Å². The van der Waals surface area contributed by atoms with Crippen molar-refractivity contribution in [3.63, 3.8) is 0 Å². The van der Waals surface area contributed by atoms with E-state index >= 15 is 0 Å². The molecule has 0 saturated carbocycles. The van der Waals surface area contributed by atoms with Crippen molar-refractivity contribution in [3.05, 3.63) is 29.8 Å². The molecule has 1 aromatic heterocycles. The quantitative estimate of drug-likeness (QED) is 0.767. The summed E-state index contributed by atoms with van der Waals surface area (Å²) in [5.74, 6) is -1.13. The lowest BCUT2D eigenvalue weighted by Gasteiger charge is -2.16. The summed E-state index contributed by atoms with van der Waals surface area (Å²) in [4.78, 5) is 16.6. The molecule has 1 rings (SSSR count). The number of aromatic nitrogens is 1. The molecule has 0 atom stereocenters. The Kier molecular flexibility index (Phi) is 3.68. The first-order valence-electron chi connectivity index (χ1n) is 4.15. The molecule has 0 unspecified atom stereocenters. The maximum atomic E-state index is 13.2. The second kappa shape index (κ2) is 4.79. The summed E-state index contributed by atoms with van der Waals surface area (Å²) >= 11 is 4.65. The second-order valence-corrected chi connectivity index (χ2v) is 3.51. The number of pyridine rings is 1. The first kappa shape index (κ1) is 11.5. The van der Waals surface area contributed by atoms with E-state index in [9.17, 15) is 9.18 Å². The van der Waals surface area contributed by atoms with Crippen LogP contribution in [0, 0.1) is 5.82 Å². The number of likely N-dealkylation sites (N-methyl/N-ethyl adjacent to an activating group) is 1. The minimum Gasteiger partial charge on any atom is -0.392 e. The van der Waals surface area contributed by atoms with Crippen LogP contribution in [0.15, 0.2) is 18.5 Å². The van der Waals surface area contributed by atoms with Crippen LogP contribution in [0.5, 0.6) is 0 Å². The zero-order chi connectivity index (χ0) is 11.4. The van der Waals surface area contributed by atoms with Crippen LogP contribution in [0.3, 0.4) is 0 Å². The number of nitrogens with zero attached hydrogens (tertiary/aromatic N) is 2. The topological polar surface area (TPSA) is 59.2 Å². The number of amides is 1. The minimum atomic E-state index is -0.655. The van der Waals surface area contributed by atoms with E-state index in [0.717, 1.165) is 6.20 Å². The highest BCUT2D eigenvalue weighted by molar-refractivity contribution is 7.80. The molecule has 0 aliphatic carbocycles. The first-order chi connectivity index (χ1) is 7.02. The molecule has 1 amide bonds. The molecule has 80 valence electrons. The molecule has 2 N–H and O–H groups in total. The van der Waals surface area contributed by atoms with Gasteiger partial charge in [0.05, 0.1) is 23.3 Å². The number of thiocarbonyl (C=S) groups is 1. The average Bonchev–Trinajstić information content (AvgIpc) is 2.16. The van der Waals surface area contributed by atoms with Gasteiger partial charge in [-0.2, -0.15) is 0 Å². The predicted octanol–water partition coefficient (Wildman–Crippen LogP) is 0.579. The van der Waals surface area contributed by atoms with Gasteiger partial charge in [0.15, 0.2) is 5.82 Å². The molecule has 0 aromatic carbocycles. The average molecular weight is 227 g/mol. The van der Waals surface area contributed by atoms with E-state index in [-0.39, 0.29) is 17.1 Å². The van der Waals surface area contributed by atoms with Crippen LogP contribution < -0.4 is 5.73 Å². The fourth-order valence-electron chi connectivity index (χ4n) is 1.06. The van der Waals surface area contributed by atoms with Gasteiger partial charge in [-0.25, -0.2) is 4.39 Å². The molecule has 0 saturated heterocycles. The molecule has 1 aromatic rings. The largest absolute Gasteiger partial charge is 0.392 e. The van der Waals surface area contributed by atoms with Crippen molar-refractivity contribution < 1.29 is 9.18 Å². The standard InChI is InChI=1S/C9H10FN3OS/c1-13(5-8(11)15)9(14)6-2-3-12-4-7(6)10/h2-4H,5H2,1H3,(H2,11,15). The highest BCUT2D eigenvalue weighted by Crippen LogP contribution is 2.07.